The van der Waals surface area contributed by atoms with E-state index < -0.39 is 0 Å². The van der Waals surface area contributed by atoms with Crippen LogP contribution in [0.3, 0.4) is 0 Å². The van der Waals surface area contributed by atoms with E-state index in [0.29, 0.717) is 0 Å². The zero-order valence-corrected chi connectivity index (χ0v) is 18.6. The van der Waals surface area contributed by atoms with Gasteiger partial charge in [0, 0.05) is 6.42 Å². The van der Waals surface area contributed by atoms with E-state index in [2.05, 4.69) is 50.2 Å². The van der Waals surface area contributed by atoms with Crippen LogP contribution < -0.4 is 4.74 Å². The van der Waals surface area contributed by atoms with Crippen molar-refractivity contribution in [2.75, 3.05) is 6.61 Å². The summed E-state index contributed by atoms with van der Waals surface area (Å²) in [5.41, 5.74) is 3.43. The lowest BCUT2D eigenvalue weighted by molar-refractivity contribution is -0.144. The van der Waals surface area contributed by atoms with Gasteiger partial charge in [-0.3, -0.25) is 4.79 Å². The molecule has 2 aromatic carbocycles. The van der Waals surface area contributed by atoms with Gasteiger partial charge in [-0.25, -0.2) is 0 Å². The van der Waals surface area contributed by atoms with Crippen LogP contribution in [0.25, 0.3) is 11.1 Å². The van der Waals surface area contributed by atoms with Gasteiger partial charge < -0.3 is 9.47 Å². The van der Waals surface area contributed by atoms with Crippen LogP contribution in [-0.4, -0.2) is 12.6 Å². The zero-order valence-electron chi connectivity index (χ0n) is 18.6. The van der Waals surface area contributed by atoms with Crippen molar-refractivity contribution in [2.45, 2.75) is 77.7 Å². The van der Waals surface area contributed by atoms with Crippen LogP contribution >= 0.6 is 0 Å². The normalized spacial score (nSPS) is 18.4. The molecule has 1 heterocycles. The predicted molar refractivity (Wildman–Crippen MR) is 123 cm³/mol. The highest BCUT2D eigenvalue weighted by Gasteiger charge is 2.34. The molecule has 1 fully saturated rings. The summed E-state index contributed by atoms with van der Waals surface area (Å²) in [6.07, 6.45) is 10.0. The largest absolute Gasteiger partial charge is 0.494 e. The van der Waals surface area contributed by atoms with Crippen molar-refractivity contribution >= 4 is 5.97 Å². The van der Waals surface area contributed by atoms with Crippen molar-refractivity contribution in [3.63, 3.8) is 0 Å². The molecule has 1 aliphatic heterocycles. The number of unbranched alkanes of at least 4 members (excludes halogenated alkanes) is 5. The molecule has 0 N–H and O–H groups in total. The molecule has 0 spiro atoms. The monoisotopic (exact) mass is 408 g/mol. The van der Waals surface area contributed by atoms with Gasteiger partial charge in [-0.1, -0.05) is 88.8 Å². The first kappa shape index (κ1) is 22.4. The molecule has 2 unspecified atom stereocenters. The number of hydrogen-bond donors (Lipinski definition) is 0. The Balaban J connectivity index is 1.52. The SMILES string of the molecule is CCCCCCOc1ccc(-c2ccc(C3CC(CCCCC)C(=O)O3)cc2)cc1. The number of rotatable bonds is 12. The van der Waals surface area contributed by atoms with Crippen molar-refractivity contribution in [3.05, 3.63) is 54.1 Å². The van der Waals surface area contributed by atoms with Crippen molar-refractivity contribution in [2.24, 2.45) is 5.92 Å². The van der Waals surface area contributed by atoms with E-state index in [1.807, 2.05) is 12.1 Å². The number of cyclic esters (lactones) is 1. The predicted octanol–water partition coefficient (Wildman–Crippen LogP) is 7.50. The number of hydrogen-bond acceptors (Lipinski definition) is 3. The summed E-state index contributed by atoms with van der Waals surface area (Å²) in [7, 11) is 0. The molecule has 162 valence electrons. The van der Waals surface area contributed by atoms with E-state index >= 15 is 0 Å². The summed E-state index contributed by atoms with van der Waals surface area (Å²) in [5, 5.41) is 0. The summed E-state index contributed by atoms with van der Waals surface area (Å²) in [6.45, 7) is 5.19. The smallest absolute Gasteiger partial charge is 0.309 e. The summed E-state index contributed by atoms with van der Waals surface area (Å²) >= 11 is 0. The highest BCUT2D eigenvalue weighted by atomic mass is 16.6. The van der Waals surface area contributed by atoms with Crippen molar-refractivity contribution in [3.8, 4) is 16.9 Å². The molecule has 0 bridgehead atoms. The lowest BCUT2D eigenvalue weighted by Crippen LogP contribution is -2.06. The first-order valence-electron chi connectivity index (χ1n) is 11.7. The number of benzene rings is 2. The van der Waals surface area contributed by atoms with Gasteiger partial charge in [-0.2, -0.15) is 0 Å². The number of carbonyl (C=O) groups is 1. The number of esters is 1. The van der Waals surface area contributed by atoms with Gasteiger partial charge in [0.1, 0.15) is 11.9 Å². The molecule has 3 heteroatoms. The van der Waals surface area contributed by atoms with Crippen molar-refractivity contribution < 1.29 is 14.3 Å². The second-order valence-corrected chi connectivity index (χ2v) is 8.41. The minimum absolute atomic E-state index is 0.0227. The molecule has 2 aromatic rings. The first-order valence-corrected chi connectivity index (χ1v) is 11.7. The van der Waals surface area contributed by atoms with E-state index in [9.17, 15) is 4.79 Å². The average molecular weight is 409 g/mol. The van der Waals surface area contributed by atoms with E-state index in [4.69, 9.17) is 9.47 Å². The Kier molecular flexibility index (Phi) is 8.80. The van der Waals surface area contributed by atoms with Crippen LogP contribution in [0, 0.1) is 5.92 Å². The average Bonchev–Trinajstić information content (AvgIpc) is 3.15. The van der Waals surface area contributed by atoms with Crippen LogP contribution in [0.15, 0.2) is 48.5 Å². The van der Waals surface area contributed by atoms with Crippen LogP contribution in [0.1, 0.15) is 83.3 Å². The fourth-order valence-corrected chi connectivity index (χ4v) is 4.07. The Labute approximate surface area is 181 Å². The fraction of sp³-hybridized carbons (Fsp3) is 0.519. The van der Waals surface area contributed by atoms with Crippen LogP contribution in [0.5, 0.6) is 5.75 Å². The Morgan fingerprint density at radius 1 is 0.833 bits per heavy atom. The molecule has 0 radical (unpaired) electrons. The molecular formula is C27H36O3. The third-order valence-corrected chi connectivity index (χ3v) is 5.98. The Morgan fingerprint density at radius 3 is 2.13 bits per heavy atom. The van der Waals surface area contributed by atoms with Crippen LogP contribution in [0.2, 0.25) is 0 Å². The van der Waals surface area contributed by atoms with Crippen molar-refractivity contribution in [1.29, 1.82) is 0 Å². The minimum atomic E-state index is -0.0957. The van der Waals surface area contributed by atoms with Gasteiger partial charge in [0.2, 0.25) is 0 Å². The molecular weight excluding hydrogens is 372 g/mol. The Bertz CT molecular complexity index is 764. The first-order chi connectivity index (χ1) is 14.7. The fourth-order valence-electron chi connectivity index (χ4n) is 4.07. The summed E-state index contributed by atoms with van der Waals surface area (Å²) in [4.78, 5) is 12.2. The van der Waals surface area contributed by atoms with E-state index in [0.717, 1.165) is 49.2 Å². The molecule has 0 aromatic heterocycles. The molecule has 1 aliphatic rings. The zero-order chi connectivity index (χ0) is 21.2. The highest BCUT2D eigenvalue weighted by molar-refractivity contribution is 5.75. The second-order valence-electron chi connectivity index (χ2n) is 8.41. The summed E-state index contributed by atoms with van der Waals surface area (Å²) < 4.78 is 11.5. The van der Waals surface area contributed by atoms with E-state index in [1.54, 1.807) is 0 Å². The molecule has 3 nitrogen and oxygen atoms in total. The van der Waals surface area contributed by atoms with Gasteiger partial charge >= 0.3 is 5.97 Å². The van der Waals surface area contributed by atoms with Crippen molar-refractivity contribution in [1.82, 2.24) is 0 Å². The summed E-state index contributed by atoms with van der Waals surface area (Å²) in [6, 6.07) is 16.7. The lowest BCUT2D eigenvalue weighted by Gasteiger charge is -2.11. The molecule has 0 aliphatic carbocycles. The topological polar surface area (TPSA) is 35.5 Å². The molecule has 0 amide bonds. The molecule has 1 saturated heterocycles. The van der Waals surface area contributed by atoms with E-state index in [1.165, 1.54) is 37.7 Å². The standard InChI is InChI=1S/C27H36O3/c1-3-5-7-9-19-29-25-17-15-22(16-18-25)21-11-13-23(14-12-21)26-20-24(27(28)30-26)10-8-6-4-2/h11-18,24,26H,3-10,19-20H2,1-2H3. The van der Waals surface area contributed by atoms with Crippen LogP contribution in [0.4, 0.5) is 0 Å². The van der Waals surface area contributed by atoms with Gasteiger partial charge in [0.25, 0.3) is 0 Å². The van der Waals surface area contributed by atoms with E-state index in [-0.39, 0.29) is 18.0 Å². The molecule has 3 rings (SSSR count). The molecule has 30 heavy (non-hydrogen) atoms. The van der Waals surface area contributed by atoms with Gasteiger partial charge in [0.15, 0.2) is 0 Å². The Hall–Kier alpha value is -2.29. The van der Waals surface area contributed by atoms with Gasteiger partial charge in [-0.05, 0) is 41.7 Å². The maximum atomic E-state index is 12.2. The Morgan fingerprint density at radius 2 is 1.47 bits per heavy atom. The highest BCUT2D eigenvalue weighted by Crippen LogP contribution is 2.36. The number of carbonyl (C=O) groups excluding carboxylic acids is 1. The number of ether oxygens (including phenoxy) is 2. The lowest BCUT2D eigenvalue weighted by atomic mass is 9.94. The third-order valence-electron chi connectivity index (χ3n) is 5.98. The molecule has 2 atom stereocenters. The maximum absolute atomic E-state index is 12.2. The maximum Gasteiger partial charge on any atom is 0.309 e. The minimum Gasteiger partial charge on any atom is -0.494 e. The van der Waals surface area contributed by atoms with Gasteiger partial charge in [0.05, 0.1) is 12.5 Å². The second kappa shape index (κ2) is 11.8. The third kappa shape index (κ3) is 6.35. The quantitative estimate of drug-likeness (QED) is 0.269. The van der Waals surface area contributed by atoms with Gasteiger partial charge in [-0.15, -0.1) is 0 Å². The summed E-state index contributed by atoms with van der Waals surface area (Å²) in [5.74, 6) is 0.972. The molecule has 0 saturated carbocycles. The van der Waals surface area contributed by atoms with Crippen LogP contribution in [-0.2, 0) is 9.53 Å².